The summed E-state index contributed by atoms with van der Waals surface area (Å²) in [5.74, 6) is -0.232. The molecule has 0 aromatic carbocycles. The minimum absolute atomic E-state index is 0.0164. The molecule has 0 saturated carbocycles. The van der Waals surface area contributed by atoms with Crippen molar-refractivity contribution in [3.05, 3.63) is 34.7 Å². The lowest BCUT2D eigenvalue weighted by Crippen LogP contribution is -2.27. The molecule has 0 aliphatic carbocycles. The van der Waals surface area contributed by atoms with E-state index in [9.17, 15) is 9.59 Å². The van der Waals surface area contributed by atoms with Crippen LogP contribution in [0.5, 0.6) is 0 Å². The number of aromatic nitrogens is 1. The quantitative estimate of drug-likeness (QED) is 0.546. The van der Waals surface area contributed by atoms with E-state index in [0.717, 1.165) is 0 Å². The van der Waals surface area contributed by atoms with Crippen LogP contribution in [0, 0.1) is 0 Å². The highest BCUT2D eigenvalue weighted by Gasteiger charge is 1.98. The van der Waals surface area contributed by atoms with E-state index >= 15 is 0 Å². The number of nitrogens with zero attached hydrogens (tertiary/aromatic N) is 1. The molecule has 16 heavy (non-hydrogen) atoms. The summed E-state index contributed by atoms with van der Waals surface area (Å²) < 4.78 is 6.12. The third-order valence-electron chi connectivity index (χ3n) is 2.16. The van der Waals surface area contributed by atoms with Gasteiger partial charge in [0.25, 0.3) is 5.56 Å². The smallest absolute Gasteiger partial charge is 0.306 e. The average molecular weight is 224 g/mol. The Kier molecular flexibility index (Phi) is 5.28. The van der Waals surface area contributed by atoms with E-state index in [0.29, 0.717) is 26.1 Å². The predicted molar refractivity (Wildman–Crippen MR) is 60.2 cm³/mol. The normalized spacial score (nSPS) is 10.1. The molecule has 1 heterocycles. The van der Waals surface area contributed by atoms with E-state index in [1.165, 1.54) is 13.2 Å². The number of methoxy groups -OCH3 is 1. The van der Waals surface area contributed by atoms with Gasteiger partial charge >= 0.3 is 5.97 Å². The van der Waals surface area contributed by atoms with Crippen LogP contribution in [0.1, 0.15) is 6.42 Å². The minimum Gasteiger partial charge on any atom is -0.469 e. The lowest BCUT2D eigenvalue weighted by Gasteiger charge is -2.06. The Hall–Kier alpha value is -1.62. The molecule has 1 aromatic heterocycles. The van der Waals surface area contributed by atoms with Crippen molar-refractivity contribution in [1.82, 2.24) is 9.88 Å². The first-order valence-electron chi connectivity index (χ1n) is 5.17. The molecule has 0 aliphatic rings. The fraction of sp³-hybridized carbons (Fsp3) is 0.455. The minimum atomic E-state index is -0.232. The molecule has 1 N–H and O–H groups in total. The summed E-state index contributed by atoms with van der Waals surface area (Å²) >= 11 is 0. The number of ether oxygens (including phenoxy) is 1. The maximum absolute atomic E-state index is 11.3. The fourth-order valence-corrected chi connectivity index (χ4v) is 1.26. The van der Waals surface area contributed by atoms with Crippen LogP contribution in [-0.4, -0.2) is 30.7 Å². The number of pyridine rings is 1. The predicted octanol–water partition coefficient (Wildman–Crippen LogP) is 0.001000. The van der Waals surface area contributed by atoms with Gasteiger partial charge in [0.15, 0.2) is 0 Å². The molecule has 0 atom stereocenters. The molecule has 0 spiro atoms. The van der Waals surface area contributed by atoms with Crippen molar-refractivity contribution in [2.45, 2.75) is 13.0 Å². The van der Waals surface area contributed by atoms with Crippen LogP contribution in [0.3, 0.4) is 0 Å². The van der Waals surface area contributed by atoms with Gasteiger partial charge in [-0.1, -0.05) is 6.07 Å². The molecule has 5 heteroatoms. The first-order valence-corrected chi connectivity index (χ1v) is 5.17. The lowest BCUT2D eigenvalue weighted by molar-refractivity contribution is -0.140. The zero-order valence-electron chi connectivity index (χ0n) is 9.31. The van der Waals surface area contributed by atoms with Gasteiger partial charge in [-0.3, -0.25) is 9.59 Å². The topological polar surface area (TPSA) is 60.3 Å². The number of rotatable bonds is 6. The van der Waals surface area contributed by atoms with Crippen LogP contribution in [-0.2, 0) is 16.1 Å². The molecule has 0 fully saturated rings. The second-order valence-corrected chi connectivity index (χ2v) is 3.31. The Bertz CT molecular complexity index is 387. The Morgan fingerprint density at radius 1 is 1.44 bits per heavy atom. The van der Waals surface area contributed by atoms with Crippen molar-refractivity contribution < 1.29 is 9.53 Å². The summed E-state index contributed by atoms with van der Waals surface area (Å²) in [4.78, 5) is 22.1. The summed E-state index contributed by atoms with van der Waals surface area (Å²) in [5.41, 5.74) is -0.0164. The first kappa shape index (κ1) is 12.4. The fourth-order valence-electron chi connectivity index (χ4n) is 1.26. The van der Waals surface area contributed by atoms with Gasteiger partial charge in [-0.25, -0.2) is 0 Å². The Labute approximate surface area is 94.0 Å². The van der Waals surface area contributed by atoms with E-state index in [4.69, 9.17) is 0 Å². The van der Waals surface area contributed by atoms with Crippen LogP contribution in [0.15, 0.2) is 29.2 Å². The molecule has 0 aliphatic heterocycles. The number of esters is 1. The van der Waals surface area contributed by atoms with E-state index < -0.39 is 0 Å². The summed E-state index contributed by atoms with van der Waals surface area (Å²) in [6.07, 6.45) is 2.09. The summed E-state index contributed by atoms with van der Waals surface area (Å²) in [7, 11) is 1.37. The molecule has 88 valence electrons. The third kappa shape index (κ3) is 4.27. The van der Waals surface area contributed by atoms with E-state index in [-0.39, 0.29) is 11.5 Å². The Morgan fingerprint density at radius 2 is 2.25 bits per heavy atom. The first-order chi connectivity index (χ1) is 7.74. The van der Waals surface area contributed by atoms with Crippen LogP contribution in [0.2, 0.25) is 0 Å². The van der Waals surface area contributed by atoms with Crippen LogP contribution < -0.4 is 10.9 Å². The number of carbonyl (C=O) groups excluding carboxylic acids is 1. The molecule has 0 radical (unpaired) electrons. The second kappa shape index (κ2) is 6.79. The number of hydrogen-bond acceptors (Lipinski definition) is 4. The molecule has 0 saturated heterocycles. The monoisotopic (exact) mass is 224 g/mol. The SMILES string of the molecule is COC(=O)CCNCCn1ccccc1=O. The largest absolute Gasteiger partial charge is 0.469 e. The van der Waals surface area contributed by atoms with Crippen molar-refractivity contribution in [2.75, 3.05) is 20.2 Å². The van der Waals surface area contributed by atoms with Gasteiger partial charge in [0, 0.05) is 31.9 Å². The highest BCUT2D eigenvalue weighted by Crippen LogP contribution is 1.83. The third-order valence-corrected chi connectivity index (χ3v) is 2.16. The van der Waals surface area contributed by atoms with Gasteiger partial charge in [0.2, 0.25) is 0 Å². The lowest BCUT2D eigenvalue weighted by atomic mass is 10.4. The molecule has 1 aromatic rings. The van der Waals surface area contributed by atoms with Crippen molar-refractivity contribution in [1.29, 1.82) is 0 Å². The van der Waals surface area contributed by atoms with E-state index in [2.05, 4.69) is 10.1 Å². The van der Waals surface area contributed by atoms with E-state index in [1.807, 2.05) is 6.07 Å². The van der Waals surface area contributed by atoms with Gasteiger partial charge in [-0.15, -0.1) is 0 Å². The standard InChI is InChI=1S/C11H16N2O3/c1-16-11(15)5-6-12-7-9-13-8-3-2-4-10(13)14/h2-4,8,12H,5-7,9H2,1H3. The average Bonchev–Trinajstić information content (AvgIpc) is 2.30. The maximum atomic E-state index is 11.3. The van der Waals surface area contributed by atoms with Crippen molar-refractivity contribution >= 4 is 5.97 Å². The zero-order chi connectivity index (χ0) is 11.8. The molecule has 1 rings (SSSR count). The number of carbonyl (C=O) groups is 1. The molecular weight excluding hydrogens is 208 g/mol. The highest BCUT2D eigenvalue weighted by atomic mass is 16.5. The molecule has 0 amide bonds. The summed E-state index contributed by atoms with van der Waals surface area (Å²) in [5, 5.41) is 3.07. The van der Waals surface area contributed by atoms with Crippen LogP contribution in [0.4, 0.5) is 0 Å². The van der Waals surface area contributed by atoms with Gasteiger partial charge in [-0.2, -0.15) is 0 Å². The molecule has 5 nitrogen and oxygen atoms in total. The van der Waals surface area contributed by atoms with Gasteiger partial charge in [-0.05, 0) is 6.07 Å². The molecule has 0 unspecified atom stereocenters. The Morgan fingerprint density at radius 3 is 2.94 bits per heavy atom. The summed E-state index contributed by atoms with van der Waals surface area (Å²) in [6.45, 7) is 1.82. The van der Waals surface area contributed by atoms with Crippen LogP contribution in [0.25, 0.3) is 0 Å². The summed E-state index contributed by atoms with van der Waals surface area (Å²) in [6, 6.07) is 5.05. The number of nitrogens with one attached hydrogen (secondary N) is 1. The van der Waals surface area contributed by atoms with Gasteiger partial charge in [0.1, 0.15) is 0 Å². The maximum Gasteiger partial charge on any atom is 0.306 e. The van der Waals surface area contributed by atoms with Crippen molar-refractivity contribution in [3.63, 3.8) is 0 Å². The zero-order valence-corrected chi connectivity index (χ0v) is 9.31. The van der Waals surface area contributed by atoms with Crippen molar-refractivity contribution in [3.8, 4) is 0 Å². The van der Waals surface area contributed by atoms with Gasteiger partial charge < -0.3 is 14.6 Å². The number of hydrogen-bond donors (Lipinski definition) is 1. The Balaban J connectivity index is 2.19. The van der Waals surface area contributed by atoms with Crippen LogP contribution >= 0.6 is 0 Å². The van der Waals surface area contributed by atoms with Gasteiger partial charge in [0.05, 0.1) is 13.5 Å². The highest BCUT2D eigenvalue weighted by molar-refractivity contribution is 5.69. The second-order valence-electron chi connectivity index (χ2n) is 3.31. The van der Waals surface area contributed by atoms with Crippen molar-refractivity contribution in [2.24, 2.45) is 0 Å². The van der Waals surface area contributed by atoms with E-state index in [1.54, 1.807) is 16.8 Å². The molecule has 0 bridgehead atoms. The molecular formula is C11H16N2O3.